The van der Waals surface area contributed by atoms with Crippen LogP contribution in [0.5, 0.6) is 0 Å². The van der Waals surface area contributed by atoms with Gasteiger partial charge in [0.1, 0.15) is 0 Å². The second-order valence-electron chi connectivity index (χ2n) is 4.28. The highest BCUT2D eigenvalue weighted by molar-refractivity contribution is 9.10. The molecular formula is C12H18BrN3. The summed E-state index contributed by atoms with van der Waals surface area (Å²) in [5, 5.41) is 6.89. The molecule has 2 rings (SSSR count). The van der Waals surface area contributed by atoms with Crippen molar-refractivity contribution in [3.8, 4) is 0 Å². The number of rotatable bonds is 4. The molecule has 88 valence electrons. The van der Waals surface area contributed by atoms with Crippen LogP contribution in [0.4, 0.5) is 5.69 Å². The fourth-order valence-electron chi connectivity index (χ4n) is 2.10. The molecule has 2 N–H and O–H groups in total. The monoisotopic (exact) mass is 283 g/mol. The van der Waals surface area contributed by atoms with Crippen LogP contribution in [0.3, 0.4) is 0 Å². The van der Waals surface area contributed by atoms with Crippen LogP contribution < -0.4 is 10.6 Å². The van der Waals surface area contributed by atoms with Gasteiger partial charge < -0.3 is 10.6 Å². The first kappa shape index (κ1) is 11.9. The Balaban J connectivity index is 1.73. The van der Waals surface area contributed by atoms with Crippen LogP contribution >= 0.6 is 15.9 Å². The zero-order valence-corrected chi connectivity index (χ0v) is 11.0. The fourth-order valence-corrected chi connectivity index (χ4v) is 2.49. The maximum atomic E-state index is 4.05. The zero-order chi connectivity index (χ0) is 11.2. The molecule has 1 saturated heterocycles. The average molecular weight is 284 g/mol. The Morgan fingerprint density at radius 3 is 3.25 bits per heavy atom. The number of pyridine rings is 1. The Morgan fingerprint density at radius 1 is 1.56 bits per heavy atom. The van der Waals surface area contributed by atoms with Crippen LogP contribution in [0.25, 0.3) is 0 Å². The summed E-state index contributed by atoms with van der Waals surface area (Å²) >= 11 is 3.49. The van der Waals surface area contributed by atoms with Crippen molar-refractivity contribution in [2.24, 2.45) is 5.92 Å². The predicted molar refractivity (Wildman–Crippen MR) is 70.6 cm³/mol. The fraction of sp³-hybridized carbons (Fsp3) is 0.583. The van der Waals surface area contributed by atoms with E-state index < -0.39 is 0 Å². The Kier molecular flexibility index (Phi) is 4.60. The topological polar surface area (TPSA) is 37.0 Å². The first-order valence-corrected chi connectivity index (χ1v) is 6.69. The van der Waals surface area contributed by atoms with Crippen LogP contribution in [0, 0.1) is 5.92 Å². The second kappa shape index (κ2) is 6.21. The molecule has 0 aromatic carbocycles. The van der Waals surface area contributed by atoms with Crippen molar-refractivity contribution < 1.29 is 0 Å². The lowest BCUT2D eigenvalue weighted by Crippen LogP contribution is -2.30. The van der Waals surface area contributed by atoms with E-state index in [-0.39, 0.29) is 0 Å². The van der Waals surface area contributed by atoms with Gasteiger partial charge in [-0.25, -0.2) is 0 Å². The van der Waals surface area contributed by atoms with Crippen molar-refractivity contribution in [1.29, 1.82) is 0 Å². The Labute approximate surface area is 105 Å². The number of nitrogens with one attached hydrogen (secondary N) is 2. The molecule has 0 aliphatic carbocycles. The minimum atomic E-state index is 0.835. The van der Waals surface area contributed by atoms with Crippen molar-refractivity contribution in [2.45, 2.75) is 19.3 Å². The van der Waals surface area contributed by atoms with Gasteiger partial charge in [-0.15, -0.1) is 0 Å². The highest BCUT2D eigenvalue weighted by Gasteiger charge is 2.12. The van der Waals surface area contributed by atoms with Crippen molar-refractivity contribution in [1.82, 2.24) is 10.3 Å². The Hall–Kier alpha value is -0.610. The molecule has 0 bridgehead atoms. The number of halogens is 1. The molecule has 1 fully saturated rings. The molecular weight excluding hydrogens is 266 g/mol. The van der Waals surface area contributed by atoms with E-state index in [9.17, 15) is 0 Å². The predicted octanol–water partition coefficient (Wildman–Crippen LogP) is 2.65. The minimum absolute atomic E-state index is 0.835. The normalized spacial score (nSPS) is 20.7. The van der Waals surface area contributed by atoms with E-state index >= 15 is 0 Å². The van der Waals surface area contributed by atoms with E-state index in [0.29, 0.717) is 0 Å². The molecule has 1 aliphatic rings. The van der Waals surface area contributed by atoms with Gasteiger partial charge in [0.2, 0.25) is 0 Å². The average Bonchev–Trinajstić information content (AvgIpc) is 2.33. The van der Waals surface area contributed by atoms with Crippen LogP contribution in [-0.4, -0.2) is 24.6 Å². The molecule has 1 aliphatic heterocycles. The first-order valence-electron chi connectivity index (χ1n) is 5.90. The summed E-state index contributed by atoms with van der Waals surface area (Å²) in [7, 11) is 0. The van der Waals surface area contributed by atoms with E-state index in [0.717, 1.165) is 22.6 Å². The third-order valence-corrected chi connectivity index (χ3v) is 3.67. The van der Waals surface area contributed by atoms with Gasteiger partial charge in [-0.1, -0.05) is 0 Å². The van der Waals surface area contributed by atoms with Crippen molar-refractivity contribution >= 4 is 21.6 Å². The number of anilines is 1. The lowest BCUT2D eigenvalue weighted by Gasteiger charge is -2.22. The number of hydrogen-bond donors (Lipinski definition) is 2. The number of piperidine rings is 1. The Morgan fingerprint density at radius 2 is 2.50 bits per heavy atom. The van der Waals surface area contributed by atoms with Crippen LogP contribution in [0.15, 0.2) is 22.9 Å². The zero-order valence-electron chi connectivity index (χ0n) is 9.38. The van der Waals surface area contributed by atoms with Gasteiger partial charge in [-0.3, -0.25) is 4.98 Å². The molecule has 0 radical (unpaired) electrons. The SMILES string of the molecule is Brc1cnccc1NCCC1CCCNC1. The van der Waals surface area contributed by atoms with Crippen LogP contribution in [-0.2, 0) is 0 Å². The summed E-state index contributed by atoms with van der Waals surface area (Å²) in [5.74, 6) is 0.835. The van der Waals surface area contributed by atoms with Crippen molar-refractivity contribution in [2.75, 3.05) is 25.0 Å². The van der Waals surface area contributed by atoms with Crippen molar-refractivity contribution in [3.05, 3.63) is 22.9 Å². The lowest BCUT2D eigenvalue weighted by molar-refractivity contribution is 0.364. The largest absolute Gasteiger partial charge is 0.384 e. The summed E-state index contributed by atoms with van der Waals surface area (Å²) in [4.78, 5) is 4.05. The van der Waals surface area contributed by atoms with E-state index in [4.69, 9.17) is 0 Å². The van der Waals surface area contributed by atoms with E-state index in [2.05, 4.69) is 31.5 Å². The van der Waals surface area contributed by atoms with E-state index in [1.165, 1.54) is 32.4 Å². The second-order valence-corrected chi connectivity index (χ2v) is 5.14. The van der Waals surface area contributed by atoms with Crippen LogP contribution in [0.2, 0.25) is 0 Å². The van der Waals surface area contributed by atoms with Gasteiger partial charge >= 0.3 is 0 Å². The molecule has 3 nitrogen and oxygen atoms in total. The van der Waals surface area contributed by atoms with Gasteiger partial charge in [0.25, 0.3) is 0 Å². The molecule has 16 heavy (non-hydrogen) atoms. The summed E-state index contributed by atoms with van der Waals surface area (Å²) in [6.45, 7) is 3.41. The van der Waals surface area contributed by atoms with Gasteiger partial charge in [0.15, 0.2) is 0 Å². The quantitative estimate of drug-likeness (QED) is 0.892. The number of nitrogens with zero attached hydrogens (tertiary/aromatic N) is 1. The Bertz CT molecular complexity index is 324. The molecule has 1 aromatic rings. The number of aromatic nitrogens is 1. The van der Waals surface area contributed by atoms with E-state index in [1.807, 2.05) is 18.5 Å². The molecule has 0 spiro atoms. The molecule has 2 heterocycles. The number of hydrogen-bond acceptors (Lipinski definition) is 3. The molecule has 1 atom stereocenters. The van der Waals surface area contributed by atoms with Gasteiger partial charge in [-0.05, 0) is 60.3 Å². The molecule has 0 amide bonds. The maximum absolute atomic E-state index is 4.05. The van der Waals surface area contributed by atoms with Crippen LogP contribution in [0.1, 0.15) is 19.3 Å². The summed E-state index contributed by atoms with van der Waals surface area (Å²) in [6, 6.07) is 2.00. The van der Waals surface area contributed by atoms with Gasteiger partial charge in [-0.2, -0.15) is 0 Å². The first-order chi connectivity index (χ1) is 7.86. The highest BCUT2D eigenvalue weighted by atomic mass is 79.9. The molecule has 4 heteroatoms. The van der Waals surface area contributed by atoms with E-state index in [1.54, 1.807) is 0 Å². The lowest BCUT2D eigenvalue weighted by atomic mass is 9.96. The smallest absolute Gasteiger partial charge is 0.0590 e. The van der Waals surface area contributed by atoms with Gasteiger partial charge in [0, 0.05) is 18.9 Å². The third-order valence-electron chi connectivity index (χ3n) is 3.04. The van der Waals surface area contributed by atoms with Gasteiger partial charge in [0.05, 0.1) is 10.2 Å². The molecule has 0 saturated carbocycles. The molecule has 1 unspecified atom stereocenters. The summed E-state index contributed by atoms with van der Waals surface area (Å²) < 4.78 is 1.04. The maximum Gasteiger partial charge on any atom is 0.0590 e. The molecule has 1 aromatic heterocycles. The standard InChI is InChI=1S/C12H18BrN3/c13-11-9-15-6-4-12(11)16-7-3-10-2-1-5-14-8-10/h4,6,9-10,14H,1-3,5,7-8H2,(H,15,16). The minimum Gasteiger partial charge on any atom is -0.384 e. The summed E-state index contributed by atoms with van der Waals surface area (Å²) in [5.41, 5.74) is 1.14. The third kappa shape index (κ3) is 3.46. The highest BCUT2D eigenvalue weighted by Crippen LogP contribution is 2.20. The summed E-state index contributed by atoms with van der Waals surface area (Å²) in [6.07, 6.45) is 7.57. The van der Waals surface area contributed by atoms with Crippen molar-refractivity contribution in [3.63, 3.8) is 0 Å².